The van der Waals surface area contributed by atoms with Gasteiger partial charge in [0.15, 0.2) is 0 Å². The molecule has 134 valence electrons. The van der Waals surface area contributed by atoms with Crippen LogP contribution in [0.1, 0.15) is 47.4 Å². The molecule has 6 nitrogen and oxygen atoms in total. The van der Waals surface area contributed by atoms with Crippen LogP contribution in [0.3, 0.4) is 0 Å². The minimum absolute atomic E-state index is 0.165. The van der Waals surface area contributed by atoms with Gasteiger partial charge in [0.05, 0.1) is 11.4 Å². The van der Waals surface area contributed by atoms with E-state index in [1.54, 1.807) is 38.1 Å². The summed E-state index contributed by atoms with van der Waals surface area (Å²) < 4.78 is 29.0. The molecule has 0 atom stereocenters. The van der Waals surface area contributed by atoms with Gasteiger partial charge in [-0.1, -0.05) is 31.0 Å². The molecular weight excluding hydrogens is 338 g/mol. The number of aromatic nitrogens is 2. The Morgan fingerprint density at radius 2 is 1.60 bits per heavy atom. The van der Waals surface area contributed by atoms with Crippen LogP contribution in [0, 0.1) is 13.8 Å². The van der Waals surface area contributed by atoms with Crippen molar-refractivity contribution >= 4 is 15.9 Å². The number of nitrogens with zero attached hydrogens (tertiary/aromatic N) is 3. The van der Waals surface area contributed by atoms with Crippen molar-refractivity contribution in [2.24, 2.45) is 0 Å². The Morgan fingerprint density at radius 1 is 1.00 bits per heavy atom. The highest BCUT2D eigenvalue weighted by Crippen LogP contribution is 2.26. The molecule has 0 unspecified atom stereocenters. The number of benzene rings is 1. The number of hydrogen-bond donors (Lipinski definition) is 0. The van der Waals surface area contributed by atoms with Gasteiger partial charge in [0.2, 0.25) is 10.0 Å². The van der Waals surface area contributed by atoms with Gasteiger partial charge in [0.25, 0.3) is 5.91 Å². The van der Waals surface area contributed by atoms with Crippen molar-refractivity contribution in [2.75, 3.05) is 13.1 Å². The second-order valence-electron chi connectivity index (χ2n) is 6.40. The molecule has 0 aliphatic carbocycles. The van der Waals surface area contributed by atoms with Crippen molar-refractivity contribution in [2.45, 2.75) is 44.4 Å². The van der Waals surface area contributed by atoms with Gasteiger partial charge in [-0.2, -0.15) is 14.1 Å². The van der Waals surface area contributed by atoms with Crippen LogP contribution in [0.4, 0.5) is 0 Å². The van der Waals surface area contributed by atoms with Crippen molar-refractivity contribution in [3.63, 3.8) is 0 Å². The van der Waals surface area contributed by atoms with E-state index in [4.69, 9.17) is 0 Å². The summed E-state index contributed by atoms with van der Waals surface area (Å²) in [5, 5.41) is 4.23. The monoisotopic (exact) mass is 361 g/mol. The molecule has 1 aliphatic heterocycles. The molecular formula is C18H23N3O3S. The zero-order valence-electron chi connectivity index (χ0n) is 14.6. The molecule has 7 heteroatoms. The van der Waals surface area contributed by atoms with E-state index >= 15 is 0 Å². The summed E-state index contributed by atoms with van der Waals surface area (Å²) in [6, 6.07) is 8.76. The molecule has 0 radical (unpaired) electrons. The Balaban J connectivity index is 2.01. The van der Waals surface area contributed by atoms with Crippen molar-refractivity contribution in [3.8, 4) is 0 Å². The Bertz CT molecular complexity index is 864. The number of carbonyl (C=O) groups excluding carboxylic acids is 1. The van der Waals surface area contributed by atoms with Gasteiger partial charge in [0, 0.05) is 18.7 Å². The smallest absolute Gasteiger partial charge is 0.267 e. The first-order chi connectivity index (χ1) is 11.9. The van der Waals surface area contributed by atoms with Crippen LogP contribution in [0.25, 0.3) is 0 Å². The quantitative estimate of drug-likeness (QED) is 0.843. The highest BCUT2D eigenvalue weighted by molar-refractivity contribution is 7.89. The maximum Gasteiger partial charge on any atom is 0.278 e. The van der Waals surface area contributed by atoms with Crippen molar-refractivity contribution in [1.82, 2.24) is 14.1 Å². The lowest BCUT2D eigenvalue weighted by Gasteiger charge is -2.20. The molecule has 25 heavy (non-hydrogen) atoms. The van der Waals surface area contributed by atoms with Gasteiger partial charge in [0.1, 0.15) is 4.90 Å². The molecule has 2 heterocycles. The van der Waals surface area contributed by atoms with Crippen LogP contribution in [0.2, 0.25) is 0 Å². The van der Waals surface area contributed by atoms with Gasteiger partial charge >= 0.3 is 0 Å². The molecule has 1 aliphatic rings. The summed E-state index contributed by atoms with van der Waals surface area (Å²) >= 11 is 0. The number of hydrogen-bond acceptors (Lipinski definition) is 4. The van der Waals surface area contributed by atoms with Gasteiger partial charge in [-0.15, -0.1) is 0 Å². The van der Waals surface area contributed by atoms with Gasteiger partial charge in [-0.3, -0.25) is 4.79 Å². The predicted octanol–water partition coefficient (Wildman–Crippen LogP) is 2.75. The standard InChI is InChI=1S/C18H23N3O3S/c1-14-17(25(23,24)20-12-8-3-4-9-13-20)15(2)21(19-14)18(22)16-10-6-5-7-11-16/h5-7,10-11H,3-4,8-9,12-13H2,1-2H3. The first-order valence-electron chi connectivity index (χ1n) is 8.59. The lowest BCUT2D eigenvalue weighted by molar-refractivity contribution is 0.0942. The summed E-state index contributed by atoms with van der Waals surface area (Å²) in [4.78, 5) is 12.8. The van der Waals surface area contributed by atoms with Crippen molar-refractivity contribution in [1.29, 1.82) is 0 Å². The zero-order chi connectivity index (χ0) is 18.0. The maximum atomic E-state index is 13.1. The topological polar surface area (TPSA) is 72.3 Å². The molecule has 0 spiro atoms. The number of sulfonamides is 1. The number of rotatable bonds is 3. The van der Waals surface area contributed by atoms with Crippen LogP contribution in [-0.2, 0) is 10.0 Å². The summed E-state index contributed by atoms with van der Waals surface area (Å²) in [5.41, 5.74) is 1.22. The third-order valence-corrected chi connectivity index (χ3v) is 6.75. The molecule has 1 aromatic heterocycles. The third kappa shape index (κ3) is 3.39. The lowest BCUT2D eigenvalue weighted by Crippen LogP contribution is -2.32. The molecule has 1 fully saturated rings. The Kier molecular flexibility index (Phi) is 5.06. The largest absolute Gasteiger partial charge is 0.278 e. The van der Waals surface area contributed by atoms with Crippen molar-refractivity contribution < 1.29 is 13.2 Å². The van der Waals surface area contributed by atoms with E-state index in [0.29, 0.717) is 30.0 Å². The molecule has 2 aromatic rings. The number of carbonyl (C=O) groups is 1. The minimum atomic E-state index is -3.64. The first-order valence-corrected chi connectivity index (χ1v) is 10.0. The van der Waals surface area contributed by atoms with Crippen molar-refractivity contribution in [3.05, 3.63) is 47.3 Å². The van der Waals surface area contributed by atoms with Crippen LogP contribution in [-0.4, -0.2) is 41.5 Å². The number of aryl methyl sites for hydroxylation is 1. The Morgan fingerprint density at radius 3 is 2.20 bits per heavy atom. The van der Waals surface area contributed by atoms with E-state index in [1.165, 1.54) is 8.99 Å². The van der Waals surface area contributed by atoms with E-state index < -0.39 is 10.0 Å². The van der Waals surface area contributed by atoms with Crippen LogP contribution in [0.5, 0.6) is 0 Å². The molecule has 0 amide bonds. The highest BCUT2D eigenvalue weighted by Gasteiger charge is 2.32. The fourth-order valence-electron chi connectivity index (χ4n) is 3.31. The Hall–Kier alpha value is -1.99. The van der Waals surface area contributed by atoms with Gasteiger partial charge in [-0.05, 0) is 38.8 Å². The Labute approximate surface area is 148 Å². The fourth-order valence-corrected chi connectivity index (χ4v) is 5.18. The van der Waals surface area contributed by atoms with Crippen LogP contribution < -0.4 is 0 Å². The minimum Gasteiger partial charge on any atom is -0.267 e. The average molecular weight is 361 g/mol. The van der Waals surface area contributed by atoms with E-state index in [-0.39, 0.29) is 10.8 Å². The summed E-state index contributed by atoms with van der Waals surface area (Å²) in [7, 11) is -3.64. The summed E-state index contributed by atoms with van der Waals surface area (Å²) in [6.07, 6.45) is 3.84. The molecule has 1 saturated heterocycles. The zero-order valence-corrected chi connectivity index (χ0v) is 15.4. The normalized spacial score (nSPS) is 16.6. The van der Waals surface area contributed by atoms with Crippen LogP contribution >= 0.6 is 0 Å². The third-order valence-electron chi connectivity index (χ3n) is 4.60. The van der Waals surface area contributed by atoms with E-state index in [2.05, 4.69) is 5.10 Å². The van der Waals surface area contributed by atoms with Gasteiger partial charge in [-0.25, -0.2) is 8.42 Å². The molecule has 3 rings (SSSR count). The van der Waals surface area contributed by atoms with Crippen LogP contribution in [0.15, 0.2) is 35.2 Å². The van der Waals surface area contributed by atoms with E-state index in [1.807, 2.05) is 6.07 Å². The second-order valence-corrected chi connectivity index (χ2v) is 8.28. The molecule has 0 bridgehead atoms. The summed E-state index contributed by atoms with van der Waals surface area (Å²) in [5.74, 6) is -0.321. The van der Waals surface area contributed by atoms with E-state index in [9.17, 15) is 13.2 Å². The fraction of sp³-hybridized carbons (Fsp3) is 0.444. The lowest BCUT2D eigenvalue weighted by atomic mass is 10.2. The second kappa shape index (κ2) is 7.09. The molecule has 0 N–H and O–H groups in total. The highest BCUT2D eigenvalue weighted by atomic mass is 32.2. The average Bonchev–Trinajstić information content (AvgIpc) is 2.80. The SMILES string of the molecule is Cc1nn(C(=O)c2ccccc2)c(C)c1S(=O)(=O)N1CCCCCC1. The molecule has 0 saturated carbocycles. The maximum absolute atomic E-state index is 13.1. The predicted molar refractivity (Wildman–Crippen MR) is 95.1 cm³/mol. The first kappa shape index (κ1) is 17.8. The summed E-state index contributed by atoms with van der Waals surface area (Å²) in [6.45, 7) is 4.34. The van der Waals surface area contributed by atoms with E-state index in [0.717, 1.165) is 25.7 Å². The van der Waals surface area contributed by atoms with Gasteiger partial charge < -0.3 is 0 Å². The molecule has 1 aromatic carbocycles.